The molecule has 0 aliphatic carbocycles. The number of hydrogen-bond donors (Lipinski definition) is 2. The van der Waals surface area contributed by atoms with Crippen LogP contribution in [0.4, 0.5) is 4.39 Å². The van der Waals surface area contributed by atoms with Crippen molar-refractivity contribution in [2.75, 3.05) is 6.54 Å². The van der Waals surface area contributed by atoms with Gasteiger partial charge in [-0.3, -0.25) is 0 Å². The van der Waals surface area contributed by atoms with Gasteiger partial charge in [-0.15, -0.1) is 0 Å². The summed E-state index contributed by atoms with van der Waals surface area (Å²) in [4.78, 5) is 3.99. The number of nitrogens with zero attached hydrogens (tertiary/aromatic N) is 1. The normalized spacial score (nSPS) is 11.4. The zero-order valence-electron chi connectivity index (χ0n) is 8.13. The summed E-state index contributed by atoms with van der Waals surface area (Å²) < 4.78 is 13.1. The summed E-state index contributed by atoms with van der Waals surface area (Å²) in [6, 6.07) is 6.53. The number of benzene rings is 1. The minimum Gasteiger partial charge on any atom is -0.370 e. The van der Waals surface area contributed by atoms with Crippen molar-refractivity contribution in [2.45, 2.75) is 13.5 Å². The van der Waals surface area contributed by atoms with Gasteiger partial charge in [0.15, 0.2) is 5.96 Å². The zero-order valence-corrected chi connectivity index (χ0v) is 8.13. The lowest BCUT2D eigenvalue weighted by Gasteiger charge is -2.02. The van der Waals surface area contributed by atoms with Gasteiger partial charge in [0.1, 0.15) is 5.82 Å². The highest BCUT2D eigenvalue weighted by atomic mass is 19.1. The second-order valence-electron chi connectivity index (χ2n) is 2.82. The number of rotatable bonds is 3. The molecule has 1 aromatic rings. The molecule has 0 heterocycles. The fourth-order valence-electron chi connectivity index (χ4n) is 1.03. The van der Waals surface area contributed by atoms with Gasteiger partial charge in [0, 0.05) is 12.1 Å². The quantitative estimate of drug-likeness (QED) is 0.563. The fraction of sp³-hybridized carbons (Fsp3) is 0.300. The van der Waals surface area contributed by atoms with Crippen molar-refractivity contribution in [1.29, 1.82) is 0 Å². The Morgan fingerprint density at radius 1 is 1.50 bits per heavy atom. The van der Waals surface area contributed by atoms with Crippen LogP contribution in [0.1, 0.15) is 12.5 Å². The summed E-state index contributed by atoms with van der Waals surface area (Å²) >= 11 is 0. The molecule has 3 N–H and O–H groups in total. The summed E-state index contributed by atoms with van der Waals surface area (Å²) in [7, 11) is 0. The number of nitrogens with one attached hydrogen (secondary N) is 1. The predicted octanol–water partition coefficient (Wildman–Crippen LogP) is 1.25. The minimum atomic E-state index is -0.249. The van der Waals surface area contributed by atoms with E-state index in [4.69, 9.17) is 5.73 Å². The van der Waals surface area contributed by atoms with E-state index in [1.165, 1.54) is 6.07 Å². The standard InChI is InChI=1S/C10H14FN3/c1-2-13-10(12)14-7-8-5-3-4-6-9(8)11/h3-6H,2,7H2,1H3,(H3,12,13,14). The summed E-state index contributed by atoms with van der Waals surface area (Å²) in [5, 5.41) is 2.84. The number of hydrogen-bond acceptors (Lipinski definition) is 1. The van der Waals surface area contributed by atoms with E-state index in [0.29, 0.717) is 18.1 Å². The Morgan fingerprint density at radius 3 is 2.86 bits per heavy atom. The van der Waals surface area contributed by atoms with Gasteiger partial charge >= 0.3 is 0 Å². The highest BCUT2D eigenvalue weighted by molar-refractivity contribution is 5.77. The number of halogens is 1. The first-order chi connectivity index (χ1) is 6.74. The van der Waals surface area contributed by atoms with E-state index in [1.807, 2.05) is 6.92 Å². The second-order valence-corrected chi connectivity index (χ2v) is 2.82. The van der Waals surface area contributed by atoms with E-state index in [2.05, 4.69) is 10.3 Å². The van der Waals surface area contributed by atoms with Crippen LogP contribution >= 0.6 is 0 Å². The molecule has 1 rings (SSSR count). The lowest BCUT2D eigenvalue weighted by Crippen LogP contribution is -2.31. The molecule has 0 fully saturated rings. The molecule has 0 spiro atoms. The van der Waals surface area contributed by atoms with E-state index in [0.717, 1.165) is 0 Å². The molecule has 14 heavy (non-hydrogen) atoms. The van der Waals surface area contributed by atoms with Gasteiger partial charge in [-0.05, 0) is 13.0 Å². The van der Waals surface area contributed by atoms with E-state index in [-0.39, 0.29) is 12.4 Å². The van der Waals surface area contributed by atoms with Gasteiger partial charge in [-0.2, -0.15) is 0 Å². The van der Waals surface area contributed by atoms with Crippen LogP contribution in [0.25, 0.3) is 0 Å². The Bertz CT molecular complexity index is 323. The van der Waals surface area contributed by atoms with Crippen LogP contribution in [0.15, 0.2) is 29.3 Å². The van der Waals surface area contributed by atoms with E-state index >= 15 is 0 Å². The van der Waals surface area contributed by atoms with Crippen LogP contribution in [0, 0.1) is 5.82 Å². The zero-order chi connectivity index (χ0) is 10.4. The summed E-state index contributed by atoms with van der Waals surface area (Å²) in [6.45, 7) is 2.91. The molecule has 0 aliphatic heterocycles. The molecule has 0 unspecified atom stereocenters. The first-order valence-corrected chi connectivity index (χ1v) is 4.51. The van der Waals surface area contributed by atoms with Gasteiger partial charge in [-0.25, -0.2) is 9.38 Å². The average molecular weight is 195 g/mol. The molecule has 0 atom stereocenters. The Morgan fingerprint density at radius 2 is 2.21 bits per heavy atom. The van der Waals surface area contributed by atoms with Crippen molar-refractivity contribution >= 4 is 5.96 Å². The van der Waals surface area contributed by atoms with E-state index in [9.17, 15) is 4.39 Å². The van der Waals surface area contributed by atoms with Crippen LogP contribution in [0.5, 0.6) is 0 Å². The van der Waals surface area contributed by atoms with Crippen molar-refractivity contribution < 1.29 is 4.39 Å². The fourth-order valence-corrected chi connectivity index (χ4v) is 1.03. The van der Waals surface area contributed by atoms with Crippen LogP contribution in [-0.2, 0) is 6.54 Å². The first kappa shape index (κ1) is 10.5. The van der Waals surface area contributed by atoms with Crippen LogP contribution in [0.2, 0.25) is 0 Å². The van der Waals surface area contributed by atoms with Crippen LogP contribution in [-0.4, -0.2) is 12.5 Å². The molecule has 76 valence electrons. The molecule has 1 aromatic carbocycles. The maximum absolute atomic E-state index is 13.1. The predicted molar refractivity (Wildman–Crippen MR) is 55.4 cm³/mol. The Kier molecular flexibility index (Phi) is 3.91. The Balaban J connectivity index is 2.61. The number of aliphatic imine (C=N–C) groups is 1. The Hall–Kier alpha value is -1.58. The lowest BCUT2D eigenvalue weighted by molar-refractivity contribution is 0.610. The van der Waals surface area contributed by atoms with Crippen molar-refractivity contribution in [3.63, 3.8) is 0 Å². The molecular weight excluding hydrogens is 181 g/mol. The number of nitrogens with two attached hydrogens (primary N) is 1. The second kappa shape index (κ2) is 5.21. The van der Waals surface area contributed by atoms with Gasteiger partial charge in [0.05, 0.1) is 6.54 Å². The minimum absolute atomic E-state index is 0.249. The largest absolute Gasteiger partial charge is 0.370 e. The molecule has 0 amide bonds. The third-order valence-electron chi connectivity index (χ3n) is 1.74. The Labute approximate surface area is 82.8 Å². The summed E-state index contributed by atoms with van der Waals surface area (Å²) in [5.41, 5.74) is 6.05. The van der Waals surface area contributed by atoms with Crippen molar-refractivity contribution in [2.24, 2.45) is 10.7 Å². The molecule has 0 bridgehead atoms. The third-order valence-corrected chi connectivity index (χ3v) is 1.74. The van der Waals surface area contributed by atoms with Gasteiger partial charge in [0.25, 0.3) is 0 Å². The molecule has 3 nitrogen and oxygen atoms in total. The molecule has 0 saturated heterocycles. The monoisotopic (exact) mass is 195 g/mol. The van der Waals surface area contributed by atoms with Gasteiger partial charge < -0.3 is 11.1 Å². The highest BCUT2D eigenvalue weighted by Crippen LogP contribution is 2.06. The topological polar surface area (TPSA) is 50.4 Å². The summed E-state index contributed by atoms with van der Waals surface area (Å²) in [6.07, 6.45) is 0. The van der Waals surface area contributed by atoms with Gasteiger partial charge in [-0.1, -0.05) is 18.2 Å². The molecular formula is C10H14FN3. The molecule has 4 heteroatoms. The molecule has 0 saturated carbocycles. The van der Waals surface area contributed by atoms with Crippen molar-refractivity contribution in [3.05, 3.63) is 35.6 Å². The van der Waals surface area contributed by atoms with Crippen LogP contribution in [0.3, 0.4) is 0 Å². The highest BCUT2D eigenvalue weighted by Gasteiger charge is 1.98. The average Bonchev–Trinajstić information content (AvgIpc) is 2.17. The van der Waals surface area contributed by atoms with Crippen molar-refractivity contribution in [1.82, 2.24) is 5.32 Å². The lowest BCUT2D eigenvalue weighted by atomic mass is 10.2. The van der Waals surface area contributed by atoms with Gasteiger partial charge in [0.2, 0.25) is 0 Å². The smallest absolute Gasteiger partial charge is 0.188 e. The first-order valence-electron chi connectivity index (χ1n) is 4.51. The molecule has 0 aliphatic rings. The maximum atomic E-state index is 13.1. The van der Waals surface area contributed by atoms with E-state index < -0.39 is 0 Å². The molecule has 0 aromatic heterocycles. The van der Waals surface area contributed by atoms with Crippen molar-refractivity contribution in [3.8, 4) is 0 Å². The van der Waals surface area contributed by atoms with E-state index in [1.54, 1.807) is 18.2 Å². The summed E-state index contributed by atoms with van der Waals surface area (Å²) in [5.74, 6) is 0.0938. The molecule has 0 radical (unpaired) electrons. The van der Waals surface area contributed by atoms with Crippen LogP contribution < -0.4 is 11.1 Å². The third kappa shape index (κ3) is 3.05. The maximum Gasteiger partial charge on any atom is 0.188 e. The SMILES string of the molecule is CCNC(N)=NCc1ccccc1F. The number of guanidine groups is 1.